The lowest BCUT2D eigenvalue weighted by Crippen LogP contribution is -2.41. The molecule has 0 fully saturated rings. The van der Waals surface area contributed by atoms with Gasteiger partial charge in [0.05, 0.1) is 17.8 Å². The zero-order chi connectivity index (χ0) is 18.1. The van der Waals surface area contributed by atoms with Crippen molar-refractivity contribution in [1.29, 1.82) is 0 Å². The predicted molar refractivity (Wildman–Crippen MR) is 87.1 cm³/mol. The van der Waals surface area contributed by atoms with Gasteiger partial charge in [-0.05, 0) is 36.1 Å². The molecule has 0 aliphatic heterocycles. The summed E-state index contributed by atoms with van der Waals surface area (Å²) in [6.45, 7) is -0.0793. The van der Waals surface area contributed by atoms with Gasteiger partial charge in [-0.25, -0.2) is 4.79 Å². The Hall–Kier alpha value is -2.54. The van der Waals surface area contributed by atoms with Gasteiger partial charge in [-0.3, -0.25) is 0 Å². The third-order valence-electron chi connectivity index (χ3n) is 4.35. The molecule has 0 radical (unpaired) electrons. The van der Waals surface area contributed by atoms with E-state index >= 15 is 0 Å². The highest BCUT2D eigenvalue weighted by Crippen LogP contribution is 2.36. The predicted octanol–water partition coefficient (Wildman–Crippen LogP) is 3.66. The van der Waals surface area contributed by atoms with Crippen molar-refractivity contribution < 1.29 is 23.1 Å². The quantitative estimate of drug-likeness (QED) is 0.791. The van der Waals surface area contributed by atoms with E-state index in [-0.39, 0.29) is 12.2 Å². The second-order valence-electron chi connectivity index (χ2n) is 6.04. The van der Waals surface area contributed by atoms with Gasteiger partial charge in [0.2, 0.25) is 0 Å². The summed E-state index contributed by atoms with van der Waals surface area (Å²) in [5.74, 6) is 0. The molecule has 0 saturated heterocycles. The Kier molecular flexibility index (Phi) is 4.43. The average molecular weight is 350 g/mol. The highest BCUT2D eigenvalue weighted by Gasteiger charge is 2.37. The van der Waals surface area contributed by atoms with Gasteiger partial charge in [-0.2, -0.15) is 13.2 Å². The molecule has 2 aromatic carbocycles. The zero-order valence-electron chi connectivity index (χ0n) is 13.2. The van der Waals surface area contributed by atoms with Crippen LogP contribution in [-0.2, 0) is 18.2 Å². The van der Waals surface area contributed by atoms with Gasteiger partial charge >= 0.3 is 12.2 Å². The van der Waals surface area contributed by atoms with Gasteiger partial charge in [0, 0.05) is 0 Å². The number of nitrogens with one attached hydrogen (secondary N) is 2. The van der Waals surface area contributed by atoms with Crippen LogP contribution in [0.1, 0.15) is 23.1 Å². The van der Waals surface area contributed by atoms with Crippen LogP contribution in [0, 0.1) is 0 Å². The van der Waals surface area contributed by atoms with E-state index in [0.717, 1.165) is 17.2 Å². The SMILES string of the molecule is O=C(NCC1(O)CCc2ccccc21)Nc1ccccc1C(F)(F)F. The molecule has 1 aliphatic carbocycles. The number of amides is 2. The summed E-state index contributed by atoms with van der Waals surface area (Å²) in [5.41, 5.74) is -0.709. The molecule has 1 unspecified atom stereocenters. The van der Waals surface area contributed by atoms with Crippen molar-refractivity contribution in [3.05, 3.63) is 65.2 Å². The smallest absolute Gasteiger partial charge is 0.383 e. The number of aryl methyl sites for hydroxylation is 1. The third kappa shape index (κ3) is 3.61. The van der Waals surface area contributed by atoms with E-state index in [1.165, 1.54) is 18.2 Å². The number of benzene rings is 2. The van der Waals surface area contributed by atoms with E-state index in [1.54, 1.807) is 12.1 Å². The molecule has 132 valence electrons. The first-order valence-electron chi connectivity index (χ1n) is 7.81. The number of halogens is 3. The highest BCUT2D eigenvalue weighted by molar-refractivity contribution is 5.90. The maximum absolute atomic E-state index is 12.9. The Morgan fingerprint density at radius 3 is 2.56 bits per heavy atom. The maximum Gasteiger partial charge on any atom is 0.418 e. The summed E-state index contributed by atoms with van der Waals surface area (Å²) >= 11 is 0. The van der Waals surface area contributed by atoms with Crippen molar-refractivity contribution in [2.45, 2.75) is 24.6 Å². The number of para-hydroxylation sites is 1. The summed E-state index contributed by atoms with van der Waals surface area (Å²) in [6, 6.07) is 11.3. The molecule has 0 saturated carbocycles. The number of carbonyl (C=O) groups is 1. The average Bonchev–Trinajstić information content (AvgIpc) is 2.91. The number of anilines is 1. The number of rotatable bonds is 3. The standard InChI is InChI=1S/C18H17F3N2O2/c19-18(20,21)14-7-3-4-8-15(14)23-16(24)22-11-17(25)10-9-12-5-1-2-6-13(12)17/h1-8,25H,9-11H2,(H2,22,23,24). The van der Waals surface area contributed by atoms with Crippen LogP contribution >= 0.6 is 0 Å². The minimum atomic E-state index is -4.56. The minimum Gasteiger partial charge on any atom is -0.383 e. The number of aliphatic hydroxyl groups is 1. The largest absolute Gasteiger partial charge is 0.418 e. The van der Waals surface area contributed by atoms with E-state index in [0.29, 0.717) is 12.8 Å². The summed E-state index contributed by atoms with van der Waals surface area (Å²) in [7, 11) is 0. The fourth-order valence-electron chi connectivity index (χ4n) is 3.08. The Balaban J connectivity index is 1.67. The molecular formula is C18H17F3N2O2. The molecule has 1 atom stereocenters. The fourth-order valence-corrected chi connectivity index (χ4v) is 3.08. The molecule has 3 rings (SSSR count). The lowest BCUT2D eigenvalue weighted by atomic mass is 9.96. The van der Waals surface area contributed by atoms with E-state index < -0.39 is 23.4 Å². The Labute approximate surface area is 142 Å². The number of hydrogen-bond acceptors (Lipinski definition) is 2. The zero-order valence-corrected chi connectivity index (χ0v) is 13.2. The molecule has 4 nitrogen and oxygen atoms in total. The maximum atomic E-state index is 12.9. The van der Waals surface area contributed by atoms with Crippen LogP contribution in [0.2, 0.25) is 0 Å². The van der Waals surface area contributed by atoms with Gasteiger partial charge in [-0.1, -0.05) is 36.4 Å². The van der Waals surface area contributed by atoms with Crippen molar-refractivity contribution in [2.24, 2.45) is 0 Å². The summed E-state index contributed by atoms with van der Waals surface area (Å²) in [5, 5.41) is 15.4. The monoisotopic (exact) mass is 350 g/mol. The Bertz CT molecular complexity index is 792. The van der Waals surface area contributed by atoms with E-state index in [9.17, 15) is 23.1 Å². The molecule has 3 N–H and O–H groups in total. The third-order valence-corrected chi connectivity index (χ3v) is 4.35. The minimum absolute atomic E-state index is 0.0793. The van der Waals surface area contributed by atoms with Crippen LogP contribution in [0.15, 0.2) is 48.5 Å². The molecule has 2 amide bonds. The molecule has 0 bridgehead atoms. The molecule has 2 aromatic rings. The number of urea groups is 1. The lowest BCUT2D eigenvalue weighted by molar-refractivity contribution is -0.136. The first kappa shape index (κ1) is 17.3. The number of hydrogen-bond donors (Lipinski definition) is 3. The summed E-state index contributed by atoms with van der Waals surface area (Å²) in [4.78, 5) is 12.0. The van der Waals surface area contributed by atoms with Crippen LogP contribution < -0.4 is 10.6 Å². The number of fused-ring (bicyclic) bond motifs is 1. The van der Waals surface area contributed by atoms with Crippen LogP contribution in [0.5, 0.6) is 0 Å². The van der Waals surface area contributed by atoms with E-state index in [2.05, 4.69) is 10.6 Å². The second kappa shape index (κ2) is 6.40. The van der Waals surface area contributed by atoms with Crippen molar-refractivity contribution in [1.82, 2.24) is 5.32 Å². The number of carbonyl (C=O) groups excluding carboxylic acids is 1. The first-order chi connectivity index (χ1) is 11.8. The molecule has 25 heavy (non-hydrogen) atoms. The van der Waals surface area contributed by atoms with Crippen LogP contribution in [0.3, 0.4) is 0 Å². The van der Waals surface area contributed by atoms with Crippen molar-refractivity contribution >= 4 is 11.7 Å². The van der Waals surface area contributed by atoms with Gasteiger partial charge in [-0.15, -0.1) is 0 Å². The van der Waals surface area contributed by atoms with Crippen molar-refractivity contribution in [3.8, 4) is 0 Å². The van der Waals surface area contributed by atoms with Crippen molar-refractivity contribution in [3.63, 3.8) is 0 Å². The van der Waals surface area contributed by atoms with Gasteiger partial charge in [0.25, 0.3) is 0 Å². The van der Waals surface area contributed by atoms with Crippen LogP contribution in [0.25, 0.3) is 0 Å². The van der Waals surface area contributed by atoms with Crippen LogP contribution in [0.4, 0.5) is 23.7 Å². The highest BCUT2D eigenvalue weighted by atomic mass is 19.4. The molecule has 1 aliphatic rings. The van der Waals surface area contributed by atoms with E-state index in [1.807, 2.05) is 12.1 Å². The summed E-state index contributed by atoms with van der Waals surface area (Å²) < 4.78 is 38.8. The molecule has 7 heteroatoms. The molecular weight excluding hydrogens is 333 g/mol. The molecule has 0 spiro atoms. The van der Waals surface area contributed by atoms with Gasteiger partial charge in [0.1, 0.15) is 5.60 Å². The normalized spacial score (nSPS) is 19.4. The first-order valence-corrected chi connectivity index (χ1v) is 7.81. The second-order valence-corrected chi connectivity index (χ2v) is 6.04. The van der Waals surface area contributed by atoms with Gasteiger partial charge in [0.15, 0.2) is 0 Å². The Morgan fingerprint density at radius 2 is 1.80 bits per heavy atom. The molecule has 0 aromatic heterocycles. The van der Waals surface area contributed by atoms with Gasteiger partial charge < -0.3 is 15.7 Å². The topological polar surface area (TPSA) is 61.4 Å². The number of alkyl halides is 3. The van der Waals surface area contributed by atoms with E-state index in [4.69, 9.17) is 0 Å². The molecule has 0 heterocycles. The summed E-state index contributed by atoms with van der Waals surface area (Å²) in [6.07, 6.45) is -3.43. The van der Waals surface area contributed by atoms with Crippen molar-refractivity contribution in [2.75, 3.05) is 11.9 Å². The fraction of sp³-hybridized carbons (Fsp3) is 0.278. The lowest BCUT2D eigenvalue weighted by Gasteiger charge is -2.24. The van der Waals surface area contributed by atoms with Crippen LogP contribution in [-0.4, -0.2) is 17.7 Å². The Morgan fingerprint density at radius 1 is 1.12 bits per heavy atom.